The smallest absolute Gasteiger partial charge is 0.446 e. The van der Waals surface area contributed by atoms with Crippen LogP contribution < -0.4 is 0 Å². The van der Waals surface area contributed by atoms with E-state index in [1.807, 2.05) is 0 Å². The molecule has 10 heteroatoms. The summed E-state index contributed by atoms with van der Waals surface area (Å²) in [4.78, 5) is 23.2. The van der Waals surface area contributed by atoms with Crippen molar-refractivity contribution in [2.24, 2.45) is 0 Å². The number of ether oxygens (including phenoxy) is 1. The molecule has 1 aromatic heterocycles. The normalized spacial score (nSPS) is 10.0. The van der Waals surface area contributed by atoms with E-state index in [-0.39, 0.29) is 19.0 Å². The average Bonchev–Trinajstić information content (AvgIpc) is 2.73. The van der Waals surface area contributed by atoms with Crippen molar-refractivity contribution in [3.05, 3.63) is 15.9 Å². The van der Waals surface area contributed by atoms with Crippen molar-refractivity contribution in [1.82, 2.24) is 25.2 Å². The van der Waals surface area contributed by atoms with Crippen molar-refractivity contribution >= 4 is 6.09 Å². The largest absolute Gasteiger partial charge is 0.468 e. The maximum absolute atomic E-state index is 11.2. The number of tetrazole rings is 1. The molecule has 0 radical (unpaired) electrons. The second-order valence-corrected chi connectivity index (χ2v) is 2.89. The van der Waals surface area contributed by atoms with E-state index in [9.17, 15) is 14.9 Å². The third kappa shape index (κ3) is 3.36. The molecule has 0 spiro atoms. The molecule has 0 atom stereocenters. The molecular weight excluding hydrogens is 232 g/mol. The second kappa shape index (κ2) is 5.72. The Labute approximate surface area is 96.3 Å². The minimum atomic E-state index is -1.05. The number of nitro groups is 1. The number of aryl methyl sites for hydroxylation is 1. The van der Waals surface area contributed by atoms with Crippen LogP contribution in [-0.2, 0) is 17.8 Å². The molecule has 1 amide bonds. The first-order chi connectivity index (χ1) is 8.08. The zero-order chi connectivity index (χ0) is 12.8. The summed E-state index contributed by atoms with van der Waals surface area (Å²) in [7, 11) is 0. The van der Waals surface area contributed by atoms with E-state index in [0.717, 1.165) is 0 Å². The summed E-state index contributed by atoms with van der Waals surface area (Å²) in [5.41, 5.74) is 0. The average molecular weight is 244 g/mol. The van der Waals surface area contributed by atoms with Crippen molar-refractivity contribution < 1.29 is 14.6 Å². The van der Waals surface area contributed by atoms with Crippen LogP contribution in [0.15, 0.2) is 0 Å². The Morgan fingerprint density at radius 1 is 1.59 bits per heavy atom. The first-order valence-corrected chi connectivity index (χ1v) is 4.93. The number of hydrogen-bond acceptors (Lipinski definition) is 7. The molecule has 0 aromatic carbocycles. The van der Waals surface area contributed by atoms with E-state index < -0.39 is 11.1 Å². The topological polar surface area (TPSA) is 116 Å². The molecule has 1 rings (SSSR count). The number of rotatable bonds is 5. The molecular formula is C7H12N6O4. The SMILES string of the molecule is CCOC(=O)N(Cc1nnn(CC)n1)[N+](=O)[O-]. The van der Waals surface area contributed by atoms with Gasteiger partial charge in [0, 0.05) is 0 Å². The van der Waals surface area contributed by atoms with Gasteiger partial charge in [0.2, 0.25) is 5.82 Å². The highest BCUT2D eigenvalue weighted by Crippen LogP contribution is 2.01. The molecule has 1 heterocycles. The van der Waals surface area contributed by atoms with Crippen molar-refractivity contribution in [1.29, 1.82) is 0 Å². The van der Waals surface area contributed by atoms with Gasteiger partial charge in [-0.05, 0) is 24.1 Å². The predicted octanol–water partition coefficient (Wildman–Crippen LogP) is -0.157. The fourth-order valence-corrected chi connectivity index (χ4v) is 0.995. The van der Waals surface area contributed by atoms with Crippen LogP contribution in [0, 0.1) is 10.1 Å². The van der Waals surface area contributed by atoms with E-state index in [2.05, 4.69) is 20.1 Å². The van der Waals surface area contributed by atoms with Crippen molar-refractivity contribution in [2.45, 2.75) is 26.9 Å². The molecule has 0 aliphatic rings. The van der Waals surface area contributed by atoms with Crippen LogP contribution in [0.25, 0.3) is 0 Å². The molecule has 0 N–H and O–H groups in total. The van der Waals surface area contributed by atoms with Crippen LogP contribution >= 0.6 is 0 Å². The minimum Gasteiger partial charge on any atom is -0.446 e. The summed E-state index contributed by atoms with van der Waals surface area (Å²) in [6.45, 7) is 3.51. The number of aromatic nitrogens is 4. The molecule has 0 bridgehead atoms. The molecule has 0 unspecified atom stereocenters. The summed E-state index contributed by atoms with van der Waals surface area (Å²) < 4.78 is 4.53. The highest BCUT2D eigenvalue weighted by molar-refractivity contribution is 5.65. The lowest BCUT2D eigenvalue weighted by Gasteiger charge is -2.09. The zero-order valence-corrected chi connectivity index (χ0v) is 9.44. The highest BCUT2D eigenvalue weighted by atomic mass is 16.7. The number of amides is 1. The van der Waals surface area contributed by atoms with Crippen LogP contribution in [0.1, 0.15) is 19.7 Å². The number of nitrogens with zero attached hydrogens (tertiary/aromatic N) is 6. The number of carbonyl (C=O) groups excluding carboxylic acids is 1. The number of hydrazine groups is 1. The van der Waals surface area contributed by atoms with Gasteiger partial charge in [-0.1, -0.05) is 0 Å². The molecule has 1 aromatic rings. The van der Waals surface area contributed by atoms with Crippen LogP contribution in [0.3, 0.4) is 0 Å². The van der Waals surface area contributed by atoms with Crippen molar-refractivity contribution in [2.75, 3.05) is 6.61 Å². The Morgan fingerprint density at radius 3 is 2.76 bits per heavy atom. The lowest BCUT2D eigenvalue weighted by atomic mass is 10.6. The van der Waals surface area contributed by atoms with Gasteiger partial charge in [-0.15, -0.1) is 10.2 Å². The van der Waals surface area contributed by atoms with E-state index in [0.29, 0.717) is 11.6 Å². The van der Waals surface area contributed by atoms with Gasteiger partial charge in [-0.3, -0.25) is 0 Å². The quantitative estimate of drug-likeness (QED) is 0.521. The lowest BCUT2D eigenvalue weighted by molar-refractivity contribution is -0.639. The number of hydrogen-bond donors (Lipinski definition) is 0. The fourth-order valence-electron chi connectivity index (χ4n) is 0.995. The Bertz CT molecular complexity index is 405. The number of carbonyl (C=O) groups is 1. The standard InChI is InChI=1S/C7H12N6O4/c1-3-12-9-6(8-10-12)5-11(13(15)16)7(14)17-4-2/h3-5H2,1-2H3. The monoisotopic (exact) mass is 244 g/mol. The molecule has 10 nitrogen and oxygen atoms in total. The predicted molar refractivity (Wildman–Crippen MR) is 53.1 cm³/mol. The maximum atomic E-state index is 11.2. The van der Waals surface area contributed by atoms with Crippen LogP contribution in [-0.4, -0.2) is 42.9 Å². The Kier molecular flexibility index (Phi) is 4.31. The van der Waals surface area contributed by atoms with Gasteiger partial charge in [-0.25, -0.2) is 14.9 Å². The van der Waals surface area contributed by atoms with E-state index in [1.165, 1.54) is 4.80 Å². The van der Waals surface area contributed by atoms with E-state index in [4.69, 9.17) is 0 Å². The summed E-state index contributed by atoms with van der Waals surface area (Å²) in [6, 6.07) is 0. The third-order valence-electron chi connectivity index (χ3n) is 1.74. The maximum Gasteiger partial charge on any atom is 0.468 e. The van der Waals surface area contributed by atoms with Crippen LogP contribution in [0.2, 0.25) is 0 Å². The van der Waals surface area contributed by atoms with E-state index in [1.54, 1.807) is 13.8 Å². The van der Waals surface area contributed by atoms with Crippen molar-refractivity contribution in [3.63, 3.8) is 0 Å². The van der Waals surface area contributed by atoms with Crippen LogP contribution in [0.4, 0.5) is 4.79 Å². The third-order valence-corrected chi connectivity index (χ3v) is 1.74. The summed E-state index contributed by atoms with van der Waals surface area (Å²) in [6.07, 6.45) is -1.05. The fraction of sp³-hybridized carbons (Fsp3) is 0.714. The first kappa shape index (κ1) is 12.8. The summed E-state index contributed by atoms with van der Waals surface area (Å²) in [5, 5.41) is 21.1. The molecule has 0 aliphatic carbocycles. The van der Waals surface area contributed by atoms with E-state index >= 15 is 0 Å². The van der Waals surface area contributed by atoms with Gasteiger partial charge in [0.05, 0.1) is 13.2 Å². The summed E-state index contributed by atoms with van der Waals surface area (Å²) >= 11 is 0. The first-order valence-electron chi connectivity index (χ1n) is 4.93. The van der Waals surface area contributed by atoms with Gasteiger partial charge in [0.1, 0.15) is 0 Å². The molecule has 94 valence electrons. The Hall–Kier alpha value is -2.26. The van der Waals surface area contributed by atoms with Gasteiger partial charge in [0.25, 0.3) is 0 Å². The van der Waals surface area contributed by atoms with Gasteiger partial charge in [0.15, 0.2) is 11.6 Å². The van der Waals surface area contributed by atoms with Gasteiger partial charge >= 0.3 is 6.09 Å². The van der Waals surface area contributed by atoms with Gasteiger partial charge < -0.3 is 4.74 Å². The second-order valence-electron chi connectivity index (χ2n) is 2.89. The zero-order valence-electron chi connectivity index (χ0n) is 9.44. The molecule has 0 fully saturated rings. The molecule has 17 heavy (non-hydrogen) atoms. The summed E-state index contributed by atoms with van der Waals surface area (Å²) in [5.74, 6) is 0.0802. The minimum absolute atomic E-state index is 0.0538. The lowest BCUT2D eigenvalue weighted by Crippen LogP contribution is -2.36. The molecule has 0 aliphatic heterocycles. The highest BCUT2D eigenvalue weighted by Gasteiger charge is 2.28. The van der Waals surface area contributed by atoms with Crippen molar-refractivity contribution in [3.8, 4) is 0 Å². The molecule has 0 saturated carbocycles. The Morgan fingerprint density at radius 2 is 2.29 bits per heavy atom. The Balaban J connectivity index is 2.73. The van der Waals surface area contributed by atoms with Crippen LogP contribution in [0.5, 0.6) is 0 Å². The van der Waals surface area contributed by atoms with Gasteiger partial charge in [-0.2, -0.15) is 4.80 Å². The molecule has 0 saturated heterocycles.